The van der Waals surface area contributed by atoms with Crippen molar-refractivity contribution in [1.29, 1.82) is 0 Å². The zero-order chi connectivity index (χ0) is 25.7. The molecule has 5 unspecified atom stereocenters. The molecule has 0 aromatic rings. The highest BCUT2D eigenvalue weighted by Crippen LogP contribution is 2.10. The number of hydrogen-bond donors (Lipinski definition) is 8. The first-order chi connectivity index (χ1) is 15.3. The fraction of sp³-hybridized carbons (Fsp3) is 0.684. The third-order valence-corrected chi connectivity index (χ3v) is 5.30. The summed E-state index contributed by atoms with van der Waals surface area (Å²) < 4.78 is 0. The predicted octanol–water partition coefficient (Wildman–Crippen LogP) is -2.04. The first-order valence-corrected chi connectivity index (χ1v) is 11.0. The SMILES string of the molecule is CCC(C)C(NC(=O)C(CCC(N)=O)NC(=O)C(CCC(=O)O)NC(=O)C(N)CS)C(=O)O. The van der Waals surface area contributed by atoms with E-state index in [0.29, 0.717) is 6.42 Å². The highest BCUT2D eigenvalue weighted by molar-refractivity contribution is 7.80. The Bertz CT molecular complexity index is 735. The topological polar surface area (TPSA) is 231 Å². The highest BCUT2D eigenvalue weighted by atomic mass is 32.1. The average Bonchev–Trinajstić information content (AvgIpc) is 2.75. The molecule has 0 saturated heterocycles. The molecule has 4 amide bonds. The molecule has 13 nitrogen and oxygen atoms in total. The smallest absolute Gasteiger partial charge is 0.326 e. The zero-order valence-electron chi connectivity index (χ0n) is 18.6. The first-order valence-electron chi connectivity index (χ1n) is 10.3. The number of carbonyl (C=O) groups is 6. The van der Waals surface area contributed by atoms with Crippen molar-refractivity contribution in [3.8, 4) is 0 Å². The van der Waals surface area contributed by atoms with Crippen molar-refractivity contribution in [2.75, 3.05) is 5.75 Å². The van der Waals surface area contributed by atoms with Crippen molar-refractivity contribution in [3.05, 3.63) is 0 Å². The van der Waals surface area contributed by atoms with Crippen LogP contribution in [0, 0.1) is 5.92 Å². The van der Waals surface area contributed by atoms with Gasteiger partial charge in [0, 0.05) is 18.6 Å². The molecule has 0 spiro atoms. The number of hydrogen-bond acceptors (Lipinski definition) is 8. The molecule has 188 valence electrons. The zero-order valence-corrected chi connectivity index (χ0v) is 19.5. The van der Waals surface area contributed by atoms with Gasteiger partial charge in [0.05, 0.1) is 6.04 Å². The fourth-order valence-electron chi connectivity index (χ4n) is 2.66. The maximum absolute atomic E-state index is 12.8. The monoisotopic (exact) mass is 491 g/mol. The van der Waals surface area contributed by atoms with Crippen molar-refractivity contribution in [3.63, 3.8) is 0 Å². The van der Waals surface area contributed by atoms with Gasteiger partial charge in [0.2, 0.25) is 23.6 Å². The number of thiol groups is 1. The van der Waals surface area contributed by atoms with Gasteiger partial charge in [-0.1, -0.05) is 20.3 Å². The van der Waals surface area contributed by atoms with Crippen LogP contribution in [0.15, 0.2) is 0 Å². The van der Waals surface area contributed by atoms with E-state index >= 15 is 0 Å². The van der Waals surface area contributed by atoms with E-state index in [4.69, 9.17) is 16.6 Å². The molecular formula is C19H33N5O8S. The molecular weight excluding hydrogens is 458 g/mol. The molecule has 0 aliphatic heterocycles. The Hall–Kier alpha value is -2.87. The number of carboxylic acids is 2. The number of carboxylic acid groups (broad SMARTS) is 2. The molecule has 0 aromatic heterocycles. The van der Waals surface area contributed by atoms with Gasteiger partial charge in [-0.25, -0.2) is 4.79 Å². The maximum atomic E-state index is 12.8. The average molecular weight is 492 g/mol. The van der Waals surface area contributed by atoms with E-state index in [1.165, 1.54) is 0 Å². The largest absolute Gasteiger partial charge is 0.481 e. The van der Waals surface area contributed by atoms with E-state index in [2.05, 4.69) is 28.6 Å². The maximum Gasteiger partial charge on any atom is 0.326 e. The molecule has 0 rings (SSSR count). The summed E-state index contributed by atoms with van der Waals surface area (Å²) in [5.41, 5.74) is 10.7. The third kappa shape index (κ3) is 11.5. The van der Waals surface area contributed by atoms with E-state index in [9.17, 15) is 33.9 Å². The summed E-state index contributed by atoms with van der Waals surface area (Å²) in [5.74, 6) is -6.24. The van der Waals surface area contributed by atoms with Crippen LogP contribution in [0.25, 0.3) is 0 Å². The molecule has 0 aliphatic rings. The summed E-state index contributed by atoms with van der Waals surface area (Å²) in [4.78, 5) is 71.3. The van der Waals surface area contributed by atoms with Crippen molar-refractivity contribution in [1.82, 2.24) is 16.0 Å². The minimum absolute atomic E-state index is 0.0328. The van der Waals surface area contributed by atoms with E-state index < -0.39 is 72.1 Å². The van der Waals surface area contributed by atoms with Gasteiger partial charge < -0.3 is 37.6 Å². The highest BCUT2D eigenvalue weighted by Gasteiger charge is 2.32. The Kier molecular flexibility index (Phi) is 13.7. The van der Waals surface area contributed by atoms with Crippen LogP contribution in [-0.2, 0) is 28.8 Å². The number of nitrogens with two attached hydrogens (primary N) is 2. The van der Waals surface area contributed by atoms with Crippen LogP contribution in [0.5, 0.6) is 0 Å². The lowest BCUT2D eigenvalue weighted by Gasteiger charge is -2.26. The van der Waals surface area contributed by atoms with Crippen molar-refractivity contribution >= 4 is 48.2 Å². The molecule has 0 radical (unpaired) electrons. The quantitative estimate of drug-likeness (QED) is 0.111. The van der Waals surface area contributed by atoms with Crippen LogP contribution in [0.3, 0.4) is 0 Å². The molecule has 0 heterocycles. The lowest BCUT2D eigenvalue weighted by molar-refractivity contribution is -0.144. The minimum Gasteiger partial charge on any atom is -0.481 e. The summed E-state index contributed by atoms with van der Waals surface area (Å²) in [7, 11) is 0. The van der Waals surface area contributed by atoms with Crippen LogP contribution < -0.4 is 27.4 Å². The van der Waals surface area contributed by atoms with Crippen molar-refractivity contribution in [2.24, 2.45) is 17.4 Å². The van der Waals surface area contributed by atoms with Gasteiger partial charge in [0.15, 0.2) is 0 Å². The van der Waals surface area contributed by atoms with Gasteiger partial charge in [-0.05, 0) is 18.8 Å². The molecule has 0 fully saturated rings. The van der Waals surface area contributed by atoms with Crippen LogP contribution in [0.4, 0.5) is 0 Å². The van der Waals surface area contributed by atoms with Crippen LogP contribution >= 0.6 is 12.6 Å². The molecule has 0 aliphatic carbocycles. The Labute approximate surface area is 196 Å². The second-order valence-corrected chi connectivity index (χ2v) is 7.92. The van der Waals surface area contributed by atoms with E-state index in [0.717, 1.165) is 0 Å². The second-order valence-electron chi connectivity index (χ2n) is 7.56. The number of rotatable bonds is 16. The number of carbonyl (C=O) groups excluding carboxylic acids is 4. The van der Waals surface area contributed by atoms with Gasteiger partial charge in [-0.3, -0.25) is 24.0 Å². The van der Waals surface area contributed by atoms with E-state index in [1.54, 1.807) is 13.8 Å². The molecule has 0 aromatic carbocycles. The molecule has 9 N–H and O–H groups in total. The van der Waals surface area contributed by atoms with Crippen LogP contribution in [0.2, 0.25) is 0 Å². The van der Waals surface area contributed by atoms with E-state index in [-0.39, 0.29) is 25.0 Å². The molecule has 5 atom stereocenters. The second kappa shape index (κ2) is 15.1. The summed E-state index contributed by atoms with van der Waals surface area (Å²) >= 11 is 3.89. The third-order valence-electron chi connectivity index (χ3n) is 4.90. The van der Waals surface area contributed by atoms with Gasteiger partial charge in [-0.2, -0.15) is 12.6 Å². The number of nitrogens with one attached hydrogen (secondary N) is 3. The summed E-state index contributed by atoms with van der Waals surface area (Å²) in [6.07, 6.45) is -0.863. The Morgan fingerprint density at radius 2 is 1.36 bits per heavy atom. The lowest BCUT2D eigenvalue weighted by atomic mass is 9.98. The van der Waals surface area contributed by atoms with Crippen LogP contribution in [0.1, 0.15) is 46.0 Å². The Morgan fingerprint density at radius 3 is 1.79 bits per heavy atom. The Morgan fingerprint density at radius 1 is 0.879 bits per heavy atom. The van der Waals surface area contributed by atoms with Gasteiger partial charge in [0.25, 0.3) is 0 Å². The van der Waals surface area contributed by atoms with Gasteiger partial charge in [0.1, 0.15) is 18.1 Å². The summed E-state index contributed by atoms with van der Waals surface area (Å²) in [6, 6.07) is -5.02. The molecule has 0 saturated carbocycles. The summed E-state index contributed by atoms with van der Waals surface area (Å²) in [6.45, 7) is 3.36. The fourth-order valence-corrected chi connectivity index (χ4v) is 2.83. The van der Waals surface area contributed by atoms with Crippen molar-refractivity contribution < 1.29 is 39.0 Å². The van der Waals surface area contributed by atoms with Gasteiger partial charge in [-0.15, -0.1) is 0 Å². The first kappa shape index (κ1) is 30.1. The molecule has 33 heavy (non-hydrogen) atoms. The predicted molar refractivity (Wildman–Crippen MR) is 120 cm³/mol. The van der Waals surface area contributed by atoms with Crippen LogP contribution in [-0.4, -0.2) is 75.7 Å². The molecule has 14 heteroatoms. The van der Waals surface area contributed by atoms with Crippen molar-refractivity contribution in [2.45, 2.75) is 70.1 Å². The lowest BCUT2D eigenvalue weighted by Crippen LogP contribution is -2.58. The van der Waals surface area contributed by atoms with E-state index in [1.807, 2.05) is 0 Å². The number of aliphatic carboxylic acids is 2. The summed E-state index contributed by atoms with van der Waals surface area (Å²) in [5, 5.41) is 25.3. The Balaban J connectivity index is 5.63. The molecule has 0 bridgehead atoms. The minimum atomic E-state index is -1.36. The van der Waals surface area contributed by atoms with Gasteiger partial charge >= 0.3 is 11.9 Å². The standard InChI is InChI=1S/C19H33N5O8S/c1-3-9(2)15(19(31)32)24-18(30)11(4-6-13(21)25)23-17(29)12(5-7-14(26)27)22-16(28)10(20)8-33/h9-12,15,33H,3-8,20H2,1-2H3,(H2,21,25)(H,22,28)(H,23,29)(H,24,30)(H,26,27)(H,31,32). The number of amides is 4. The number of primary amides is 1. The normalized spacial score (nSPS) is 15.3.